The van der Waals surface area contributed by atoms with Crippen LogP contribution < -0.4 is 0 Å². The summed E-state index contributed by atoms with van der Waals surface area (Å²) in [6, 6.07) is 0. The van der Waals surface area contributed by atoms with Gasteiger partial charge in [-0.25, -0.2) is 0 Å². The second-order valence-electron chi connectivity index (χ2n) is 2.99. The van der Waals surface area contributed by atoms with Crippen molar-refractivity contribution in [1.29, 1.82) is 0 Å². The van der Waals surface area contributed by atoms with Crippen LogP contribution in [0.3, 0.4) is 0 Å². The summed E-state index contributed by atoms with van der Waals surface area (Å²) in [5.41, 5.74) is 2.23. The van der Waals surface area contributed by atoms with Gasteiger partial charge in [-0.05, 0) is 13.3 Å². The van der Waals surface area contributed by atoms with Crippen molar-refractivity contribution in [2.24, 2.45) is 0 Å². The maximum absolute atomic E-state index is 5.56. The second-order valence-corrected chi connectivity index (χ2v) is 3.30. The van der Waals surface area contributed by atoms with Gasteiger partial charge in [-0.2, -0.15) is 5.10 Å². The molecule has 1 aromatic rings. The molecule has 0 saturated heterocycles. The van der Waals surface area contributed by atoms with Crippen molar-refractivity contribution in [3.63, 3.8) is 0 Å². The van der Waals surface area contributed by atoms with Crippen molar-refractivity contribution >= 4 is 17.7 Å². The zero-order valence-electron chi connectivity index (χ0n) is 8.13. The highest BCUT2D eigenvalue weighted by atomic mass is 35.5. The van der Waals surface area contributed by atoms with E-state index in [9.17, 15) is 0 Å². The fraction of sp³-hybridized carbons (Fsp3) is 0.500. The van der Waals surface area contributed by atoms with E-state index in [1.165, 1.54) is 0 Å². The highest BCUT2D eigenvalue weighted by Crippen LogP contribution is 2.08. The Morgan fingerprint density at radius 3 is 3.00 bits per heavy atom. The van der Waals surface area contributed by atoms with Crippen LogP contribution in [0, 0.1) is 6.92 Å². The molecular weight excluding hydrogens is 184 g/mol. The van der Waals surface area contributed by atoms with Crippen LogP contribution >= 0.6 is 11.6 Å². The lowest BCUT2D eigenvalue weighted by atomic mass is 10.2. The predicted octanol–water partition coefficient (Wildman–Crippen LogP) is 2.85. The molecule has 3 heteroatoms. The van der Waals surface area contributed by atoms with E-state index in [4.69, 9.17) is 11.6 Å². The zero-order valence-corrected chi connectivity index (χ0v) is 8.88. The molecule has 1 rings (SSSR count). The van der Waals surface area contributed by atoms with Crippen LogP contribution in [-0.2, 0) is 6.54 Å². The van der Waals surface area contributed by atoms with Gasteiger partial charge in [-0.1, -0.05) is 19.1 Å². The highest BCUT2D eigenvalue weighted by Gasteiger charge is 1.99. The van der Waals surface area contributed by atoms with Gasteiger partial charge in [0.25, 0.3) is 0 Å². The average Bonchev–Trinajstić information content (AvgIpc) is 2.44. The number of nitrogens with zero attached hydrogens (tertiary/aromatic N) is 2. The van der Waals surface area contributed by atoms with Gasteiger partial charge < -0.3 is 0 Å². The SMILES string of the molecule is CCCn1cc(C=CCCl)c(C)n1. The third-order valence-electron chi connectivity index (χ3n) is 1.82. The van der Waals surface area contributed by atoms with Gasteiger partial charge in [0.05, 0.1) is 5.69 Å². The van der Waals surface area contributed by atoms with E-state index in [0.29, 0.717) is 5.88 Å². The van der Waals surface area contributed by atoms with Gasteiger partial charge >= 0.3 is 0 Å². The van der Waals surface area contributed by atoms with Gasteiger partial charge in [0, 0.05) is 24.2 Å². The van der Waals surface area contributed by atoms with E-state index in [0.717, 1.165) is 24.2 Å². The zero-order chi connectivity index (χ0) is 9.68. The van der Waals surface area contributed by atoms with Crippen LogP contribution in [-0.4, -0.2) is 15.7 Å². The molecule has 0 unspecified atom stereocenters. The highest BCUT2D eigenvalue weighted by molar-refractivity contribution is 6.19. The number of rotatable bonds is 4. The lowest BCUT2D eigenvalue weighted by Crippen LogP contribution is -1.96. The molecule has 0 aromatic carbocycles. The van der Waals surface area contributed by atoms with Gasteiger partial charge in [-0.3, -0.25) is 4.68 Å². The van der Waals surface area contributed by atoms with Crippen LogP contribution in [0.1, 0.15) is 24.6 Å². The first-order valence-electron chi connectivity index (χ1n) is 4.54. The molecule has 0 N–H and O–H groups in total. The maximum Gasteiger partial charge on any atom is 0.0665 e. The Hall–Kier alpha value is -0.760. The van der Waals surface area contributed by atoms with Crippen LogP contribution in [0.4, 0.5) is 0 Å². The van der Waals surface area contributed by atoms with Crippen molar-refractivity contribution in [2.45, 2.75) is 26.8 Å². The summed E-state index contributed by atoms with van der Waals surface area (Å²) in [7, 11) is 0. The number of halogens is 1. The van der Waals surface area contributed by atoms with E-state index in [1.54, 1.807) is 0 Å². The first kappa shape index (κ1) is 10.3. The molecule has 1 heterocycles. The Morgan fingerprint density at radius 2 is 2.38 bits per heavy atom. The fourth-order valence-corrected chi connectivity index (χ4v) is 1.30. The van der Waals surface area contributed by atoms with Crippen LogP contribution in [0.2, 0.25) is 0 Å². The molecule has 0 aliphatic heterocycles. The van der Waals surface area contributed by atoms with Crippen LogP contribution in [0.15, 0.2) is 12.3 Å². The summed E-state index contributed by atoms with van der Waals surface area (Å²) in [6.07, 6.45) is 7.12. The maximum atomic E-state index is 5.56. The number of hydrogen-bond acceptors (Lipinski definition) is 1. The average molecular weight is 199 g/mol. The molecule has 72 valence electrons. The molecule has 0 spiro atoms. The molecule has 0 saturated carbocycles. The summed E-state index contributed by atoms with van der Waals surface area (Å²) in [6.45, 7) is 5.14. The monoisotopic (exact) mass is 198 g/mol. The molecule has 2 nitrogen and oxygen atoms in total. The van der Waals surface area contributed by atoms with Crippen molar-refractivity contribution in [2.75, 3.05) is 5.88 Å². The molecule has 0 amide bonds. The van der Waals surface area contributed by atoms with Gasteiger partial charge in [-0.15, -0.1) is 11.6 Å². The van der Waals surface area contributed by atoms with Crippen LogP contribution in [0.25, 0.3) is 6.08 Å². The molecule has 0 aliphatic rings. The topological polar surface area (TPSA) is 17.8 Å². The third-order valence-corrected chi connectivity index (χ3v) is 2.00. The van der Waals surface area contributed by atoms with Gasteiger partial charge in [0.2, 0.25) is 0 Å². The minimum Gasteiger partial charge on any atom is -0.272 e. The summed E-state index contributed by atoms with van der Waals surface area (Å²) in [4.78, 5) is 0. The largest absolute Gasteiger partial charge is 0.272 e. The first-order chi connectivity index (χ1) is 6.27. The Balaban J connectivity index is 2.77. The molecule has 0 radical (unpaired) electrons. The number of hydrogen-bond donors (Lipinski definition) is 0. The Kier molecular flexibility index (Phi) is 4.03. The number of aromatic nitrogens is 2. The number of aryl methyl sites for hydroxylation is 2. The summed E-state index contributed by atoms with van der Waals surface area (Å²) in [5.74, 6) is 0.554. The minimum absolute atomic E-state index is 0.554. The van der Waals surface area contributed by atoms with E-state index >= 15 is 0 Å². The van der Waals surface area contributed by atoms with Crippen LogP contribution in [0.5, 0.6) is 0 Å². The quantitative estimate of drug-likeness (QED) is 0.681. The third kappa shape index (κ3) is 2.88. The Morgan fingerprint density at radius 1 is 1.62 bits per heavy atom. The molecule has 0 atom stereocenters. The Bertz CT molecular complexity index is 289. The second kappa shape index (κ2) is 5.07. The lowest BCUT2D eigenvalue weighted by Gasteiger charge is -1.93. The summed E-state index contributed by atoms with van der Waals surface area (Å²) in [5, 5.41) is 4.38. The molecule has 13 heavy (non-hydrogen) atoms. The van der Waals surface area contributed by atoms with Crippen molar-refractivity contribution in [3.05, 3.63) is 23.5 Å². The van der Waals surface area contributed by atoms with Crippen molar-refractivity contribution in [3.8, 4) is 0 Å². The van der Waals surface area contributed by atoms with Gasteiger partial charge in [0.1, 0.15) is 0 Å². The predicted molar refractivity (Wildman–Crippen MR) is 57.0 cm³/mol. The van der Waals surface area contributed by atoms with E-state index in [-0.39, 0.29) is 0 Å². The molecule has 0 aliphatic carbocycles. The molecule has 0 fully saturated rings. The van der Waals surface area contributed by atoms with E-state index in [2.05, 4.69) is 18.2 Å². The summed E-state index contributed by atoms with van der Waals surface area (Å²) < 4.78 is 1.98. The molecule has 0 bridgehead atoms. The summed E-state index contributed by atoms with van der Waals surface area (Å²) >= 11 is 5.56. The minimum atomic E-state index is 0.554. The Labute approximate surface area is 84.2 Å². The molecule has 1 aromatic heterocycles. The number of alkyl halides is 1. The molecular formula is C10H15ClN2. The van der Waals surface area contributed by atoms with E-state index in [1.807, 2.05) is 23.8 Å². The standard InChI is InChI=1S/C10H15ClN2/c1-3-7-13-8-10(5-4-6-11)9(2)12-13/h4-5,8H,3,6-7H2,1-2H3. The first-order valence-corrected chi connectivity index (χ1v) is 5.08. The normalized spacial score (nSPS) is 11.3. The van der Waals surface area contributed by atoms with Gasteiger partial charge in [0.15, 0.2) is 0 Å². The van der Waals surface area contributed by atoms with E-state index < -0.39 is 0 Å². The van der Waals surface area contributed by atoms with Crippen molar-refractivity contribution < 1.29 is 0 Å². The number of allylic oxidation sites excluding steroid dienone is 1. The smallest absolute Gasteiger partial charge is 0.0665 e. The van der Waals surface area contributed by atoms with Crippen molar-refractivity contribution in [1.82, 2.24) is 9.78 Å². The fourth-order valence-electron chi connectivity index (χ4n) is 1.21. The lowest BCUT2D eigenvalue weighted by molar-refractivity contribution is 0.598.